The second-order valence-electron chi connectivity index (χ2n) is 4.11. The minimum absolute atomic E-state index is 0.276. The van der Waals surface area contributed by atoms with E-state index in [0.29, 0.717) is 0 Å². The van der Waals surface area contributed by atoms with Crippen molar-refractivity contribution in [2.45, 2.75) is 39.3 Å². The summed E-state index contributed by atoms with van der Waals surface area (Å²) in [5.41, 5.74) is -1.47. The van der Waals surface area contributed by atoms with Gasteiger partial charge in [0.1, 0.15) is 5.54 Å². The fourth-order valence-electron chi connectivity index (χ4n) is 0.812. The molecule has 15 heavy (non-hydrogen) atoms. The largest absolute Gasteiger partial charge is 0.480 e. The van der Waals surface area contributed by atoms with Crippen LogP contribution in [-0.2, 0) is 15.0 Å². The second-order valence-corrected chi connectivity index (χ2v) is 5.84. The first kappa shape index (κ1) is 14.3. The molecule has 90 valence electrons. The molecule has 0 aliphatic heterocycles. The van der Waals surface area contributed by atoms with Crippen molar-refractivity contribution in [2.75, 3.05) is 7.05 Å². The van der Waals surface area contributed by atoms with Gasteiger partial charge in [-0.25, -0.2) is 0 Å². The van der Waals surface area contributed by atoms with Crippen molar-refractivity contribution in [1.82, 2.24) is 9.03 Å². The fourth-order valence-corrected chi connectivity index (χ4v) is 2.24. The zero-order valence-electron chi connectivity index (χ0n) is 9.60. The average Bonchev–Trinajstić information content (AvgIpc) is 2.00. The van der Waals surface area contributed by atoms with Crippen molar-refractivity contribution in [3.8, 4) is 0 Å². The Hall–Kier alpha value is -0.660. The smallest absolute Gasteiger partial charge is 0.324 e. The van der Waals surface area contributed by atoms with Crippen molar-refractivity contribution in [2.24, 2.45) is 0 Å². The third-order valence-corrected chi connectivity index (χ3v) is 4.00. The number of hydrogen-bond acceptors (Lipinski definition) is 3. The molecule has 0 aliphatic rings. The SMILES string of the molecule is CC(C)NS(=O)(=O)N(C)C(C)(C)C(=O)O. The minimum Gasteiger partial charge on any atom is -0.480 e. The van der Waals surface area contributed by atoms with Crippen LogP contribution in [-0.4, -0.2) is 42.4 Å². The summed E-state index contributed by atoms with van der Waals surface area (Å²) >= 11 is 0. The summed E-state index contributed by atoms with van der Waals surface area (Å²) in [6.07, 6.45) is 0. The molecule has 7 heteroatoms. The van der Waals surface area contributed by atoms with Crippen LogP contribution in [0.5, 0.6) is 0 Å². The zero-order chi connectivity index (χ0) is 12.4. The molecule has 2 N–H and O–H groups in total. The minimum atomic E-state index is -3.76. The highest BCUT2D eigenvalue weighted by Gasteiger charge is 2.39. The molecule has 0 atom stereocenters. The van der Waals surface area contributed by atoms with Crippen molar-refractivity contribution in [3.05, 3.63) is 0 Å². The lowest BCUT2D eigenvalue weighted by Gasteiger charge is -2.31. The van der Waals surface area contributed by atoms with Crippen LogP contribution < -0.4 is 4.72 Å². The Labute approximate surface area is 90.5 Å². The van der Waals surface area contributed by atoms with Gasteiger partial charge in [-0.15, -0.1) is 0 Å². The van der Waals surface area contributed by atoms with E-state index >= 15 is 0 Å². The van der Waals surface area contributed by atoms with E-state index in [1.54, 1.807) is 13.8 Å². The quantitative estimate of drug-likeness (QED) is 0.707. The normalized spacial score (nSPS) is 13.5. The summed E-state index contributed by atoms with van der Waals surface area (Å²) in [5.74, 6) is -1.20. The molecule has 0 spiro atoms. The monoisotopic (exact) mass is 238 g/mol. The number of aliphatic carboxylic acids is 1. The highest BCUT2D eigenvalue weighted by molar-refractivity contribution is 7.87. The van der Waals surface area contributed by atoms with Crippen LogP contribution in [0.4, 0.5) is 0 Å². The highest BCUT2D eigenvalue weighted by Crippen LogP contribution is 2.15. The molecular formula is C8H18N2O4S. The van der Waals surface area contributed by atoms with Crippen molar-refractivity contribution >= 4 is 16.2 Å². The average molecular weight is 238 g/mol. The molecule has 0 amide bonds. The van der Waals surface area contributed by atoms with E-state index in [1.807, 2.05) is 0 Å². The van der Waals surface area contributed by atoms with Gasteiger partial charge in [0, 0.05) is 13.1 Å². The van der Waals surface area contributed by atoms with Gasteiger partial charge < -0.3 is 5.11 Å². The van der Waals surface area contributed by atoms with Gasteiger partial charge in [-0.3, -0.25) is 4.79 Å². The van der Waals surface area contributed by atoms with Crippen molar-refractivity contribution in [3.63, 3.8) is 0 Å². The molecule has 0 aromatic heterocycles. The molecule has 0 bridgehead atoms. The predicted molar refractivity (Wildman–Crippen MR) is 56.7 cm³/mol. The van der Waals surface area contributed by atoms with Crippen LogP contribution in [0.3, 0.4) is 0 Å². The van der Waals surface area contributed by atoms with Crippen LogP contribution in [0.2, 0.25) is 0 Å². The van der Waals surface area contributed by atoms with Crippen LogP contribution in [0.25, 0.3) is 0 Å². The van der Waals surface area contributed by atoms with Gasteiger partial charge in [-0.2, -0.15) is 17.4 Å². The van der Waals surface area contributed by atoms with E-state index in [-0.39, 0.29) is 6.04 Å². The lowest BCUT2D eigenvalue weighted by molar-refractivity contribution is -0.145. The second kappa shape index (κ2) is 4.46. The van der Waals surface area contributed by atoms with Crippen molar-refractivity contribution in [1.29, 1.82) is 0 Å². The summed E-state index contributed by atoms with van der Waals surface area (Å²) in [5, 5.41) is 8.88. The third kappa shape index (κ3) is 3.44. The topological polar surface area (TPSA) is 86.7 Å². The first-order valence-electron chi connectivity index (χ1n) is 4.51. The van der Waals surface area contributed by atoms with Crippen LogP contribution in [0, 0.1) is 0 Å². The number of carboxylic acid groups (broad SMARTS) is 1. The van der Waals surface area contributed by atoms with Crippen LogP contribution in [0.15, 0.2) is 0 Å². The van der Waals surface area contributed by atoms with E-state index in [0.717, 1.165) is 4.31 Å². The lowest BCUT2D eigenvalue weighted by Crippen LogP contribution is -2.55. The third-order valence-electron chi connectivity index (χ3n) is 2.06. The number of rotatable bonds is 5. The fraction of sp³-hybridized carbons (Fsp3) is 0.875. The Morgan fingerprint density at radius 2 is 1.80 bits per heavy atom. The Morgan fingerprint density at radius 1 is 1.40 bits per heavy atom. The molecular weight excluding hydrogens is 220 g/mol. The maximum Gasteiger partial charge on any atom is 0.324 e. The Balaban J connectivity index is 5.01. The Kier molecular flexibility index (Phi) is 4.26. The van der Waals surface area contributed by atoms with E-state index in [2.05, 4.69) is 4.72 Å². The molecule has 0 aromatic carbocycles. The van der Waals surface area contributed by atoms with Crippen LogP contribution >= 0.6 is 0 Å². The zero-order valence-corrected chi connectivity index (χ0v) is 10.4. The van der Waals surface area contributed by atoms with Gasteiger partial charge in [0.25, 0.3) is 10.2 Å². The predicted octanol–water partition coefficient (Wildman–Crippen LogP) is 0.0242. The highest BCUT2D eigenvalue weighted by atomic mass is 32.2. The summed E-state index contributed by atoms with van der Waals surface area (Å²) in [7, 11) is -2.52. The van der Waals surface area contributed by atoms with Crippen molar-refractivity contribution < 1.29 is 18.3 Å². The van der Waals surface area contributed by atoms with Gasteiger partial charge in [0.2, 0.25) is 0 Å². The number of hydrogen-bond donors (Lipinski definition) is 2. The van der Waals surface area contributed by atoms with Gasteiger partial charge in [0.05, 0.1) is 0 Å². The first-order chi connectivity index (χ1) is 6.51. The molecule has 0 rings (SSSR count). The summed E-state index contributed by atoms with van der Waals surface area (Å²) < 4.78 is 26.4. The van der Waals surface area contributed by atoms with Gasteiger partial charge >= 0.3 is 5.97 Å². The van der Waals surface area contributed by atoms with E-state index < -0.39 is 21.7 Å². The number of carboxylic acids is 1. The van der Waals surface area contributed by atoms with Crippen LogP contribution in [0.1, 0.15) is 27.7 Å². The summed E-state index contributed by atoms with van der Waals surface area (Å²) in [6.45, 7) is 5.99. The molecule has 0 aromatic rings. The van der Waals surface area contributed by atoms with E-state index in [4.69, 9.17) is 5.11 Å². The van der Waals surface area contributed by atoms with Gasteiger partial charge in [0.15, 0.2) is 0 Å². The first-order valence-corrected chi connectivity index (χ1v) is 5.95. The molecule has 0 saturated carbocycles. The molecule has 0 heterocycles. The van der Waals surface area contributed by atoms with Gasteiger partial charge in [-0.05, 0) is 27.7 Å². The molecule has 6 nitrogen and oxygen atoms in total. The Bertz CT molecular complexity index is 335. The summed E-state index contributed by atoms with van der Waals surface area (Å²) in [4.78, 5) is 10.9. The number of nitrogens with one attached hydrogen (secondary N) is 1. The summed E-state index contributed by atoms with van der Waals surface area (Å²) in [6, 6.07) is -0.276. The van der Waals surface area contributed by atoms with E-state index in [1.165, 1.54) is 20.9 Å². The standard InChI is InChI=1S/C8H18N2O4S/c1-6(2)9-15(13,14)10(5)8(3,4)7(11)12/h6,9H,1-5H3,(H,11,12). The number of likely N-dealkylation sites (N-methyl/N-ethyl adjacent to an activating group) is 1. The number of nitrogens with zero attached hydrogens (tertiary/aromatic N) is 1. The molecule has 0 fully saturated rings. The maximum absolute atomic E-state index is 11.6. The lowest BCUT2D eigenvalue weighted by atomic mass is 10.1. The molecule has 0 unspecified atom stereocenters. The molecule has 0 radical (unpaired) electrons. The van der Waals surface area contributed by atoms with Gasteiger partial charge in [-0.1, -0.05) is 0 Å². The maximum atomic E-state index is 11.6. The number of carbonyl (C=O) groups is 1. The van der Waals surface area contributed by atoms with E-state index in [9.17, 15) is 13.2 Å². The Morgan fingerprint density at radius 3 is 2.07 bits per heavy atom. The molecule has 0 aliphatic carbocycles. The molecule has 0 saturated heterocycles.